The van der Waals surface area contributed by atoms with E-state index in [4.69, 9.17) is 4.42 Å². The van der Waals surface area contributed by atoms with E-state index < -0.39 is 0 Å². The third kappa shape index (κ3) is 2.87. The quantitative estimate of drug-likeness (QED) is 0.738. The zero-order valence-corrected chi connectivity index (χ0v) is 11.5. The second-order valence-electron chi connectivity index (χ2n) is 3.91. The van der Waals surface area contributed by atoms with E-state index in [0.29, 0.717) is 24.7 Å². The van der Waals surface area contributed by atoms with Crippen molar-refractivity contribution in [3.8, 4) is 11.5 Å². The monoisotopic (exact) mass is 319 g/mol. The molecule has 0 saturated carbocycles. The lowest BCUT2D eigenvalue weighted by atomic mass is 10.3. The Hall–Kier alpha value is -2.02. The molecular weight excluding hydrogens is 310 g/mol. The molecule has 3 aromatic heterocycles. The minimum absolute atomic E-state index is 0.513. The first-order valence-electron chi connectivity index (χ1n) is 5.72. The van der Waals surface area contributed by atoms with Crippen LogP contribution in [0, 0.1) is 0 Å². The summed E-state index contributed by atoms with van der Waals surface area (Å²) in [5.74, 6) is 1.11. The zero-order valence-electron chi connectivity index (χ0n) is 9.90. The molecule has 0 bridgehead atoms. The van der Waals surface area contributed by atoms with Crippen LogP contribution in [0.1, 0.15) is 5.89 Å². The highest BCUT2D eigenvalue weighted by Crippen LogP contribution is 2.16. The van der Waals surface area contributed by atoms with Crippen molar-refractivity contribution in [2.24, 2.45) is 0 Å². The fourth-order valence-corrected chi connectivity index (χ4v) is 1.96. The number of halogens is 1. The van der Waals surface area contributed by atoms with Gasteiger partial charge in [-0.05, 0) is 28.1 Å². The third-order valence-electron chi connectivity index (χ3n) is 2.55. The van der Waals surface area contributed by atoms with Crippen LogP contribution in [-0.2, 0) is 13.0 Å². The predicted octanol–water partition coefficient (Wildman–Crippen LogP) is 2.33. The van der Waals surface area contributed by atoms with Crippen molar-refractivity contribution in [1.29, 1.82) is 0 Å². The molecule has 0 atom stereocenters. The molecule has 0 aromatic carbocycles. The molecule has 0 fully saturated rings. The van der Waals surface area contributed by atoms with Gasteiger partial charge in [0.25, 0.3) is 0 Å². The van der Waals surface area contributed by atoms with Crippen LogP contribution >= 0.6 is 15.9 Å². The maximum absolute atomic E-state index is 5.60. The van der Waals surface area contributed by atoms with Crippen LogP contribution in [0.3, 0.4) is 0 Å². The molecule has 3 heterocycles. The maximum Gasteiger partial charge on any atom is 0.247 e. The van der Waals surface area contributed by atoms with E-state index in [1.54, 1.807) is 18.6 Å². The molecule has 0 aliphatic carbocycles. The molecular formula is C12H10BrN5O. The van der Waals surface area contributed by atoms with Crippen LogP contribution in [0.15, 0.2) is 45.8 Å². The number of aromatic nitrogens is 5. The first-order valence-corrected chi connectivity index (χ1v) is 6.51. The molecule has 6 nitrogen and oxygen atoms in total. The van der Waals surface area contributed by atoms with Crippen molar-refractivity contribution < 1.29 is 4.42 Å². The van der Waals surface area contributed by atoms with Gasteiger partial charge in [-0.2, -0.15) is 5.10 Å². The molecule has 3 rings (SSSR count). The van der Waals surface area contributed by atoms with E-state index in [0.717, 1.165) is 10.0 Å². The number of hydrogen-bond acceptors (Lipinski definition) is 5. The van der Waals surface area contributed by atoms with Crippen molar-refractivity contribution in [1.82, 2.24) is 25.0 Å². The van der Waals surface area contributed by atoms with Gasteiger partial charge in [0.15, 0.2) is 0 Å². The zero-order chi connectivity index (χ0) is 13.1. The van der Waals surface area contributed by atoms with Gasteiger partial charge < -0.3 is 4.42 Å². The maximum atomic E-state index is 5.60. The summed E-state index contributed by atoms with van der Waals surface area (Å²) >= 11 is 3.35. The van der Waals surface area contributed by atoms with Crippen molar-refractivity contribution in [3.63, 3.8) is 0 Å². The fourth-order valence-electron chi connectivity index (χ4n) is 1.64. The SMILES string of the molecule is Brc1cnn(CCc2nnc(-c3ccncc3)o2)c1. The summed E-state index contributed by atoms with van der Waals surface area (Å²) in [7, 11) is 0. The lowest BCUT2D eigenvalue weighted by Crippen LogP contribution is -2.01. The number of rotatable bonds is 4. The average Bonchev–Trinajstić information content (AvgIpc) is 3.06. The highest BCUT2D eigenvalue weighted by Gasteiger charge is 2.08. The Morgan fingerprint density at radius 3 is 2.79 bits per heavy atom. The molecule has 0 aliphatic rings. The van der Waals surface area contributed by atoms with Crippen LogP contribution in [0.2, 0.25) is 0 Å². The number of aryl methyl sites for hydroxylation is 2. The largest absolute Gasteiger partial charge is 0.421 e. The second kappa shape index (κ2) is 5.31. The van der Waals surface area contributed by atoms with Crippen LogP contribution in [-0.4, -0.2) is 25.0 Å². The molecule has 3 aromatic rings. The molecule has 96 valence electrons. The topological polar surface area (TPSA) is 69.6 Å². The normalized spacial score (nSPS) is 10.8. The summed E-state index contributed by atoms with van der Waals surface area (Å²) in [4.78, 5) is 3.95. The lowest BCUT2D eigenvalue weighted by Gasteiger charge is -1.96. The minimum Gasteiger partial charge on any atom is -0.421 e. The first-order chi connectivity index (χ1) is 9.31. The van der Waals surface area contributed by atoms with Crippen molar-refractivity contribution in [2.45, 2.75) is 13.0 Å². The smallest absolute Gasteiger partial charge is 0.247 e. The minimum atomic E-state index is 0.513. The van der Waals surface area contributed by atoms with Gasteiger partial charge in [-0.15, -0.1) is 10.2 Å². The fraction of sp³-hybridized carbons (Fsp3) is 0.167. The molecule has 0 unspecified atom stereocenters. The van der Waals surface area contributed by atoms with E-state index in [2.05, 4.69) is 36.2 Å². The summed E-state index contributed by atoms with van der Waals surface area (Å²) in [5, 5.41) is 12.2. The molecule has 0 spiro atoms. The van der Waals surface area contributed by atoms with E-state index >= 15 is 0 Å². The average molecular weight is 320 g/mol. The van der Waals surface area contributed by atoms with E-state index in [1.165, 1.54) is 0 Å². The lowest BCUT2D eigenvalue weighted by molar-refractivity contribution is 0.475. The third-order valence-corrected chi connectivity index (χ3v) is 2.96. The summed E-state index contributed by atoms with van der Waals surface area (Å²) in [6.07, 6.45) is 7.68. The Morgan fingerprint density at radius 1 is 1.21 bits per heavy atom. The van der Waals surface area contributed by atoms with Crippen molar-refractivity contribution in [2.75, 3.05) is 0 Å². The standard InChI is InChI=1S/C12H10BrN5O/c13-10-7-15-18(8-10)6-3-11-16-17-12(19-11)9-1-4-14-5-2-9/h1-2,4-5,7-8H,3,6H2. The highest BCUT2D eigenvalue weighted by molar-refractivity contribution is 9.10. The van der Waals surface area contributed by atoms with Crippen molar-refractivity contribution in [3.05, 3.63) is 47.3 Å². The molecule has 0 amide bonds. The molecule has 7 heteroatoms. The summed E-state index contributed by atoms with van der Waals surface area (Å²) in [6.45, 7) is 0.698. The van der Waals surface area contributed by atoms with Gasteiger partial charge in [0.2, 0.25) is 11.8 Å². The van der Waals surface area contributed by atoms with Crippen molar-refractivity contribution >= 4 is 15.9 Å². The number of hydrogen-bond donors (Lipinski definition) is 0. The van der Waals surface area contributed by atoms with Gasteiger partial charge in [-0.25, -0.2) is 0 Å². The predicted molar refractivity (Wildman–Crippen MR) is 71.2 cm³/mol. The van der Waals surface area contributed by atoms with Gasteiger partial charge in [0.1, 0.15) is 0 Å². The number of pyridine rings is 1. The molecule has 19 heavy (non-hydrogen) atoms. The Kier molecular flexibility index (Phi) is 3.37. The Labute approximate surface area is 117 Å². The van der Waals surface area contributed by atoms with Crippen LogP contribution in [0.5, 0.6) is 0 Å². The first kappa shape index (κ1) is 12.0. The van der Waals surface area contributed by atoms with Gasteiger partial charge >= 0.3 is 0 Å². The summed E-state index contributed by atoms with van der Waals surface area (Å²) < 4.78 is 8.37. The van der Waals surface area contributed by atoms with Crippen LogP contribution < -0.4 is 0 Å². The van der Waals surface area contributed by atoms with E-state index in [9.17, 15) is 0 Å². The Balaban J connectivity index is 1.68. The summed E-state index contributed by atoms with van der Waals surface area (Å²) in [6, 6.07) is 3.67. The molecule has 0 saturated heterocycles. The Bertz CT molecular complexity index is 664. The summed E-state index contributed by atoms with van der Waals surface area (Å²) in [5.41, 5.74) is 0.871. The van der Waals surface area contributed by atoms with E-state index in [-0.39, 0.29) is 0 Å². The Morgan fingerprint density at radius 2 is 2.05 bits per heavy atom. The molecule has 0 N–H and O–H groups in total. The van der Waals surface area contributed by atoms with Gasteiger partial charge in [-0.3, -0.25) is 9.67 Å². The second-order valence-corrected chi connectivity index (χ2v) is 4.82. The van der Waals surface area contributed by atoms with Crippen LogP contribution in [0.25, 0.3) is 11.5 Å². The van der Waals surface area contributed by atoms with Gasteiger partial charge in [0, 0.05) is 37.1 Å². The number of nitrogens with zero attached hydrogens (tertiary/aromatic N) is 5. The molecule has 0 aliphatic heterocycles. The van der Waals surface area contributed by atoms with E-state index in [1.807, 2.05) is 23.0 Å². The molecule has 0 radical (unpaired) electrons. The van der Waals surface area contributed by atoms with Gasteiger partial charge in [-0.1, -0.05) is 0 Å². The highest BCUT2D eigenvalue weighted by atomic mass is 79.9. The van der Waals surface area contributed by atoms with Gasteiger partial charge in [0.05, 0.1) is 10.7 Å². The van der Waals surface area contributed by atoms with Crippen LogP contribution in [0.4, 0.5) is 0 Å².